The van der Waals surface area contributed by atoms with Gasteiger partial charge in [-0.15, -0.1) is 0 Å². The molecule has 162 valence electrons. The molecule has 7 nitrogen and oxygen atoms in total. The maximum atomic E-state index is 12.6. The topological polar surface area (TPSA) is 87.7 Å². The molecule has 4 rings (SSSR count). The summed E-state index contributed by atoms with van der Waals surface area (Å²) in [5.41, 5.74) is 1.60. The molecule has 2 aromatic rings. The Bertz CT molecular complexity index is 943. The maximum absolute atomic E-state index is 12.6. The van der Waals surface area contributed by atoms with Gasteiger partial charge in [0, 0.05) is 37.2 Å². The first-order chi connectivity index (χ1) is 15.1. The van der Waals surface area contributed by atoms with E-state index in [1.54, 1.807) is 29.2 Å². The van der Waals surface area contributed by atoms with E-state index in [2.05, 4.69) is 10.6 Å². The highest BCUT2D eigenvalue weighted by Gasteiger charge is 2.29. The van der Waals surface area contributed by atoms with Crippen LogP contribution in [-0.4, -0.2) is 42.3 Å². The first kappa shape index (κ1) is 20.9. The molecule has 2 aromatic carbocycles. The minimum absolute atomic E-state index is 0.0251. The van der Waals surface area contributed by atoms with E-state index in [1.807, 2.05) is 30.3 Å². The largest absolute Gasteiger partial charge is 0.484 e. The molecule has 3 amide bonds. The van der Waals surface area contributed by atoms with Crippen molar-refractivity contribution < 1.29 is 19.1 Å². The summed E-state index contributed by atoms with van der Waals surface area (Å²) in [6, 6.07) is 16.4. The number of nitrogens with one attached hydrogen (secondary N) is 2. The number of amides is 3. The third-order valence-electron chi connectivity index (χ3n) is 5.53. The van der Waals surface area contributed by atoms with Crippen LogP contribution in [0, 0.1) is 5.92 Å². The van der Waals surface area contributed by atoms with Crippen LogP contribution in [0.2, 0.25) is 0 Å². The molecule has 0 bridgehead atoms. The molecule has 1 aliphatic carbocycles. The van der Waals surface area contributed by atoms with Crippen LogP contribution in [-0.2, 0) is 14.4 Å². The van der Waals surface area contributed by atoms with E-state index in [0.717, 1.165) is 24.8 Å². The lowest BCUT2D eigenvalue weighted by molar-refractivity contribution is -0.129. The summed E-state index contributed by atoms with van der Waals surface area (Å²) in [5, 5.41) is 5.87. The summed E-state index contributed by atoms with van der Waals surface area (Å²) in [5.74, 6) is 0.504. The molecule has 1 heterocycles. The Morgan fingerprint density at radius 1 is 1.10 bits per heavy atom. The fourth-order valence-electron chi connectivity index (χ4n) is 3.68. The second-order valence-electron chi connectivity index (χ2n) is 8.05. The van der Waals surface area contributed by atoms with Gasteiger partial charge >= 0.3 is 0 Å². The Morgan fingerprint density at radius 3 is 2.61 bits per heavy atom. The van der Waals surface area contributed by atoms with Crippen LogP contribution in [0.15, 0.2) is 54.6 Å². The molecule has 1 aliphatic heterocycles. The Hall–Kier alpha value is -3.35. The van der Waals surface area contributed by atoms with Gasteiger partial charge in [-0.05, 0) is 37.0 Å². The fraction of sp³-hybridized carbons (Fsp3) is 0.375. The van der Waals surface area contributed by atoms with Crippen LogP contribution in [0.4, 0.5) is 5.69 Å². The highest BCUT2D eigenvalue weighted by molar-refractivity contribution is 5.94. The van der Waals surface area contributed by atoms with Gasteiger partial charge in [-0.2, -0.15) is 0 Å². The lowest BCUT2D eigenvalue weighted by Gasteiger charge is -2.25. The summed E-state index contributed by atoms with van der Waals surface area (Å²) in [4.78, 5) is 38.4. The molecule has 0 radical (unpaired) electrons. The van der Waals surface area contributed by atoms with Crippen LogP contribution < -0.4 is 15.4 Å². The van der Waals surface area contributed by atoms with E-state index >= 15 is 0 Å². The molecule has 31 heavy (non-hydrogen) atoms. The number of anilines is 1. The molecule has 2 N–H and O–H groups in total. The van der Waals surface area contributed by atoms with Gasteiger partial charge < -0.3 is 20.3 Å². The quantitative estimate of drug-likeness (QED) is 0.652. The second-order valence-corrected chi connectivity index (χ2v) is 8.05. The van der Waals surface area contributed by atoms with Crippen LogP contribution in [0.3, 0.4) is 0 Å². The third-order valence-corrected chi connectivity index (χ3v) is 5.53. The first-order valence-corrected chi connectivity index (χ1v) is 10.7. The molecule has 7 heteroatoms. The molecular formula is C24H27N3O4. The van der Waals surface area contributed by atoms with Gasteiger partial charge in [0.1, 0.15) is 5.75 Å². The SMILES string of the molecule is O=C(COc1cccc(NC(=O)C2CC2)c1)NC(CN1CCCC1=O)c1ccccc1. The van der Waals surface area contributed by atoms with Gasteiger partial charge in [0.25, 0.3) is 5.91 Å². The Morgan fingerprint density at radius 2 is 1.90 bits per heavy atom. The predicted molar refractivity (Wildman–Crippen MR) is 116 cm³/mol. The standard InChI is InChI=1S/C24H27N3O4/c28-22(16-31-20-9-4-8-19(14-20)25-24(30)18-11-12-18)26-21(17-6-2-1-3-7-17)15-27-13-5-10-23(27)29/h1-4,6-9,14,18,21H,5,10-13,15-16H2,(H,25,30)(H,26,28). The highest BCUT2D eigenvalue weighted by Crippen LogP contribution is 2.30. The van der Waals surface area contributed by atoms with E-state index in [1.165, 1.54) is 0 Å². The molecule has 2 aliphatic rings. The zero-order chi connectivity index (χ0) is 21.6. The van der Waals surface area contributed by atoms with E-state index in [4.69, 9.17) is 4.74 Å². The molecular weight excluding hydrogens is 394 g/mol. The van der Waals surface area contributed by atoms with Crippen LogP contribution in [0.5, 0.6) is 5.75 Å². The molecule has 0 aromatic heterocycles. The molecule has 2 fully saturated rings. The van der Waals surface area contributed by atoms with E-state index < -0.39 is 0 Å². The molecule has 1 atom stereocenters. The number of nitrogens with zero attached hydrogens (tertiary/aromatic N) is 1. The number of carbonyl (C=O) groups is 3. The van der Waals surface area contributed by atoms with Gasteiger partial charge in [-0.25, -0.2) is 0 Å². The maximum Gasteiger partial charge on any atom is 0.258 e. The van der Waals surface area contributed by atoms with Crippen molar-refractivity contribution in [1.82, 2.24) is 10.2 Å². The van der Waals surface area contributed by atoms with E-state index in [0.29, 0.717) is 30.9 Å². The van der Waals surface area contributed by atoms with E-state index in [9.17, 15) is 14.4 Å². The minimum Gasteiger partial charge on any atom is -0.484 e. The first-order valence-electron chi connectivity index (χ1n) is 10.7. The van der Waals surface area contributed by atoms with Crippen molar-refractivity contribution in [2.75, 3.05) is 25.0 Å². The predicted octanol–water partition coefficient (Wildman–Crippen LogP) is 2.89. The number of hydrogen-bond donors (Lipinski definition) is 2. The summed E-state index contributed by atoms with van der Waals surface area (Å²) < 4.78 is 5.65. The van der Waals surface area contributed by atoms with Crippen molar-refractivity contribution in [3.05, 3.63) is 60.2 Å². The molecule has 0 spiro atoms. The van der Waals surface area contributed by atoms with Crippen LogP contribution >= 0.6 is 0 Å². The number of hydrogen-bond acceptors (Lipinski definition) is 4. The van der Waals surface area contributed by atoms with Crippen molar-refractivity contribution in [1.29, 1.82) is 0 Å². The molecule has 1 unspecified atom stereocenters. The number of ether oxygens (including phenoxy) is 1. The number of benzene rings is 2. The van der Waals surface area contributed by atoms with Crippen molar-refractivity contribution in [3.8, 4) is 5.75 Å². The third kappa shape index (κ3) is 5.84. The smallest absolute Gasteiger partial charge is 0.258 e. The van der Waals surface area contributed by atoms with Crippen molar-refractivity contribution in [3.63, 3.8) is 0 Å². The Kier molecular flexibility index (Phi) is 6.50. The molecule has 1 saturated heterocycles. The van der Waals surface area contributed by atoms with Gasteiger partial charge in [0.2, 0.25) is 11.8 Å². The van der Waals surface area contributed by atoms with Crippen molar-refractivity contribution in [2.45, 2.75) is 31.7 Å². The van der Waals surface area contributed by atoms with Gasteiger partial charge in [-0.3, -0.25) is 14.4 Å². The highest BCUT2D eigenvalue weighted by atomic mass is 16.5. The van der Waals surface area contributed by atoms with Gasteiger partial charge in [-0.1, -0.05) is 36.4 Å². The summed E-state index contributed by atoms with van der Waals surface area (Å²) in [6.07, 6.45) is 3.29. The summed E-state index contributed by atoms with van der Waals surface area (Å²) in [7, 11) is 0. The summed E-state index contributed by atoms with van der Waals surface area (Å²) in [6.45, 7) is 1.00. The van der Waals surface area contributed by atoms with Crippen molar-refractivity contribution in [2.24, 2.45) is 5.92 Å². The second kappa shape index (κ2) is 9.64. The van der Waals surface area contributed by atoms with Gasteiger partial charge in [0.15, 0.2) is 6.61 Å². The minimum atomic E-state index is -0.302. The van der Waals surface area contributed by atoms with E-state index in [-0.39, 0.29) is 36.3 Å². The number of likely N-dealkylation sites (tertiary alicyclic amines) is 1. The average molecular weight is 421 g/mol. The normalized spacial score (nSPS) is 16.6. The lowest BCUT2D eigenvalue weighted by atomic mass is 10.1. The number of carbonyl (C=O) groups excluding carboxylic acids is 3. The monoisotopic (exact) mass is 421 g/mol. The zero-order valence-electron chi connectivity index (χ0n) is 17.4. The number of rotatable bonds is 9. The Labute approximate surface area is 181 Å². The Balaban J connectivity index is 1.34. The lowest BCUT2D eigenvalue weighted by Crippen LogP contribution is -2.40. The molecule has 1 saturated carbocycles. The zero-order valence-corrected chi connectivity index (χ0v) is 17.4. The van der Waals surface area contributed by atoms with Crippen LogP contribution in [0.1, 0.15) is 37.3 Å². The van der Waals surface area contributed by atoms with Gasteiger partial charge in [0.05, 0.1) is 6.04 Å². The van der Waals surface area contributed by atoms with Crippen molar-refractivity contribution >= 4 is 23.4 Å². The summed E-state index contributed by atoms with van der Waals surface area (Å²) >= 11 is 0. The average Bonchev–Trinajstić information content (AvgIpc) is 3.56. The fourth-order valence-corrected chi connectivity index (χ4v) is 3.68. The van der Waals surface area contributed by atoms with Crippen LogP contribution in [0.25, 0.3) is 0 Å².